The van der Waals surface area contributed by atoms with Crippen LogP contribution in [-0.2, 0) is 6.42 Å². The fraction of sp³-hybridized carbons (Fsp3) is 0.318. The summed E-state index contributed by atoms with van der Waals surface area (Å²) in [5, 5.41) is 0. The van der Waals surface area contributed by atoms with Crippen molar-refractivity contribution in [2.75, 3.05) is 27.9 Å². The minimum Gasteiger partial charge on any atom is -0.497 e. The van der Waals surface area contributed by atoms with Crippen molar-refractivity contribution in [3.8, 4) is 23.0 Å². The topological polar surface area (TPSA) is 54.0 Å². The van der Waals surface area contributed by atoms with Crippen LogP contribution in [0.25, 0.3) is 6.08 Å². The second-order valence-corrected chi connectivity index (χ2v) is 6.21. The molecule has 0 aliphatic heterocycles. The van der Waals surface area contributed by atoms with Gasteiger partial charge in [-0.25, -0.2) is 0 Å². The summed E-state index contributed by atoms with van der Waals surface area (Å²) in [6.07, 6.45) is 3.38. The third kappa shape index (κ3) is 3.77. The van der Waals surface area contributed by atoms with Crippen molar-refractivity contribution in [2.24, 2.45) is 0 Å². The zero-order valence-electron chi connectivity index (χ0n) is 16.1. The minimum absolute atomic E-state index is 0.0470. The highest BCUT2D eigenvalue weighted by Gasteiger charge is 2.23. The molecule has 0 N–H and O–H groups in total. The van der Waals surface area contributed by atoms with Gasteiger partial charge in [0.15, 0.2) is 17.3 Å². The van der Waals surface area contributed by atoms with Crippen molar-refractivity contribution in [3.05, 3.63) is 52.6 Å². The molecule has 0 amide bonds. The van der Waals surface area contributed by atoms with E-state index >= 15 is 0 Å². The van der Waals surface area contributed by atoms with Crippen LogP contribution < -0.4 is 18.9 Å². The Labute approximate surface area is 159 Å². The number of carbonyl (C=O) groups excluding carboxylic acids is 1. The number of hydrogen-bond donors (Lipinski definition) is 0. The maximum atomic E-state index is 12.9. The van der Waals surface area contributed by atoms with Crippen LogP contribution in [0.15, 0.2) is 35.9 Å². The fourth-order valence-corrected chi connectivity index (χ4v) is 3.29. The molecule has 0 spiro atoms. The van der Waals surface area contributed by atoms with Gasteiger partial charge in [0.25, 0.3) is 0 Å². The summed E-state index contributed by atoms with van der Waals surface area (Å²) >= 11 is 0. The van der Waals surface area contributed by atoms with E-state index in [-0.39, 0.29) is 5.78 Å². The third-order valence-corrected chi connectivity index (χ3v) is 4.62. The van der Waals surface area contributed by atoms with E-state index in [0.717, 1.165) is 34.4 Å². The number of Topliss-reactive ketones (excluding diaryl/α,β-unsaturated/α-hetero) is 1. The monoisotopic (exact) mass is 368 g/mol. The number of hydrogen-bond acceptors (Lipinski definition) is 5. The lowest BCUT2D eigenvalue weighted by molar-refractivity contribution is 0.102. The van der Waals surface area contributed by atoms with Crippen molar-refractivity contribution in [1.82, 2.24) is 0 Å². The molecule has 0 bridgehead atoms. The van der Waals surface area contributed by atoms with Crippen LogP contribution in [0.2, 0.25) is 0 Å². The van der Waals surface area contributed by atoms with Gasteiger partial charge in [0.05, 0.1) is 27.9 Å². The van der Waals surface area contributed by atoms with Crippen LogP contribution in [0.1, 0.15) is 34.8 Å². The zero-order valence-corrected chi connectivity index (χ0v) is 16.1. The SMILES string of the molecule is CCOc1c(OC)cc(/C=C2/CCc3cc(OC)ccc3C2=O)cc1OC. The van der Waals surface area contributed by atoms with E-state index in [1.165, 1.54) is 0 Å². The summed E-state index contributed by atoms with van der Waals surface area (Å²) < 4.78 is 21.8. The minimum atomic E-state index is 0.0470. The lowest BCUT2D eigenvalue weighted by Gasteiger charge is -2.19. The van der Waals surface area contributed by atoms with E-state index in [4.69, 9.17) is 18.9 Å². The first kappa shape index (κ1) is 18.8. The first-order valence-electron chi connectivity index (χ1n) is 8.92. The lowest BCUT2D eigenvalue weighted by Crippen LogP contribution is -2.14. The highest BCUT2D eigenvalue weighted by molar-refractivity contribution is 6.13. The molecule has 1 aliphatic rings. The quantitative estimate of drug-likeness (QED) is 0.711. The summed E-state index contributed by atoms with van der Waals surface area (Å²) in [6, 6.07) is 9.31. The molecule has 0 aromatic heterocycles. The van der Waals surface area contributed by atoms with Gasteiger partial charge < -0.3 is 18.9 Å². The molecule has 0 saturated carbocycles. The van der Waals surface area contributed by atoms with E-state index < -0.39 is 0 Å². The van der Waals surface area contributed by atoms with Crippen LogP contribution in [0.3, 0.4) is 0 Å². The normalized spacial score (nSPS) is 14.7. The Kier molecular flexibility index (Phi) is 5.69. The van der Waals surface area contributed by atoms with E-state index in [1.807, 2.05) is 43.3 Å². The summed E-state index contributed by atoms with van der Waals surface area (Å²) in [5.41, 5.74) is 3.37. The molecule has 27 heavy (non-hydrogen) atoms. The van der Waals surface area contributed by atoms with E-state index in [1.54, 1.807) is 21.3 Å². The predicted molar refractivity (Wildman–Crippen MR) is 104 cm³/mol. The molecule has 0 saturated heterocycles. The molecule has 0 unspecified atom stereocenters. The van der Waals surface area contributed by atoms with Crippen LogP contribution in [0.5, 0.6) is 23.0 Å². The van der Waals surface area contributed by atoms with Crippen molar-refractivity contribution in [1.29, 1.82) is 0 Å². The molecule has 2 aromatic rings. The van der Waals surface area contributed by atoms with Gasteiger partial charge in [0.2, 0.25) is 5.75 Å². The molecule has 0 heterocycles. The van der Waals surface area contributed by atoms with Gasteiger partial charge >= 0.3 is 0 Å². The Morgan fingerprint density at radius 1 is 0.963 bits per heavy atom. The largest absolute Gasteiger partial charge is 0.497 e. The average Bonchev–Trinajstić information content (AvgIpc) is 2.70. The second kappa shape index (κ2) is 8.16. The van der Waals surface area contributed by atoms with Gasteiger partial charge in [-0.05, 0) is 67.3 Å². The number of allylic oxidation sites excluding steroid dienone is 1. The number of benzene rings is 2. The summed E-state index contributed by atoms with van der Waals surface area (Å²) in [4.78, 5) is 12.9. The Balaban J connectivity index is 1.98. The summed E-state index contributed by atoms with van der Waals surface area (Å²) in [5.74, 6) is 2.55. The summed E-state index contributed by atoms with van der Waals surface area (Å²) in [6.45, 7) is 2.41. The predicted octanol–water partition coefficient (Wildman–Crippen LogP) is 4.32. The fourth-order valence-electron chi connectivity index (χ4n) is 3.29. The first-order chi connectivity index (χ1) is 13.1. The Morgan fingerprint density at radius 3 is 2.26 bits per heavy atom. The number of methoxy groups -OCH3 is 3. The van der Waals surface area contributed by atoms with Crippen LogP contribution in [0.4, 0.5) is 0 Å². The van der Waals surface area contributed by atoms with Gasteiger partial charge in [-0.2, -0.15) is 0 Å². The number of ether oxygens (including phenoxy) is 4. The molecule has 5 heteroatoms. The molecule has 3 rings (SSSR count). The number of aryl methyl sites for hydroxylation is 1. The highest BCUT2D eigenvalue weighted by atomic mass is 16.5. The second-order valence-electron chi connectivity index (χ2n) is 6.21. The number of ketones is 1. The van der Waals surface area contributed by atoms with E-state index in [2.05, 4.69) is 0 Å². The Hall–Kier alpha value is -2.95. The van der Waals surface area contributed by atoms with Gasteiger partial charge in [-0.1, -0.05) is 0 Å². The molecular weight excluding hydrogens is 344 g/mol. The Bertz CT molecular complexity index is 857. The standard InChI is InChI=1S/C22H24O5/c1-5-27-22-19(25-3)11-14(12-20(22)26-4)10-16-7-6-15-13-17(24-2)8-9-18(15)21(16)23/h8-13H,5-7H2,1-4H3/b16-10-. The molecule has 1 aliphatic carbocycles. The van der Waals surface area contributed by atoms with Gasteiger partial charge in [0.1, 0.15) is 5.75 Å². The third-order valence-electron chi connectivity index (χ3n) is 4.62. The average molecular weight is 368 g/mol. The van der Waals surface area contributed by atoms with Gasteiger partial charge in [-0.15, -0.1) is 0 Å². The van der Waals surface area contributed by atoms with Crippen LogP contribution in [-0.4, -0.2) is 33.7 Å². The van der Waals surface area contributed by atoms with Crippen molar-refractivity contribution in [3.63, 3.8) is 0 Å². The number of rotatable bonds is 6. The number of fused-ring (bicyclic) bond motifs is 1. The van der Waals surface area contributed by atoms with E-state index in [0.29, 0.717) is 30.3 Å². The molecule has 0 fully saturated rings. The number of carbonyl (C=O) groups is 1. The highest BCUT2D eigenvalue weighted by Crippen LogP contribution is 2.39. The van der Waals surface area contributed by atoms with Gasteiger partial charge in [0, 0.05) is 11.1 Å². The molecule has 5 nitrogen and oxygen atoms in total. The van der Waals surface area contributed by atoms with Crippen molar-refractivity contribution < 1.29 is 23.7 Å². The van der Waals surface area contributed by atoms with E-state index in [9.17, 15) is 4.79 Å². The first-order valence-corrected chi connectivity index (χ1v) is 8.92. The molecule has 0 radical (unpaired) electrons. The molecule has 142 valence electrons. The molecule has 0 atom stereocenters. The van der Waals surface area contributed by atoms with Crippen LogP contribution >= 0.6 is 0 Å². The van der Waals surface area contributed by atoms with Crippen LogP contribution in [0, 0.1) is 0 Å². The van der Waals surface area contributed by atoms with Crippen molar-refractivity contribution >= 4 is 11.9 Å². The molecule has 2 aromatic carbocycles. The van der Waals surface area contributed by atoms with Crippen molar-refractivity contribution in [2.45, 2.75) is 19.8 Å². The smallest absolute Gasteiger partial charge is 0.203 e. The zero-order chi connectivity index (χ0) is 19.4. The maximum Gasteiger partial charge on any atom is 0.203 e. The molecular formula is C22H24O5. The Morgan fingerprint density at radius 2 is 1.67 bits per heavy atom. The lowest BCUT2D eigenvalue weighted by atomic mass is 9.86. The van der Waals surface area contributed by atoms with Gasteiger partial charge in [-0.3, -0.25) is 4.79 Å². The maximum absolute atomic E-state index is 12.9. The summed E-state index contributed by atoms with van der Waals surface area (Å²) in [7, 11) is 4.80.